The van der Waals surface area contributed by atoms with Crippen LogP contribution in [0.15, 0.2) is 0 Å². The summed E-state index contributed by atoms with van der Waals surface area (Å²) in [6.45, 7) is 1.83. The molecule has 2 heteroatoms. The highest BCUT2D eigenvalue weighted by Gasteiger charge is 2.05. The van der Waals surface area contributed by atoms with E-state index in [-0.39, 0.29) is 6.10 Å². The molecule has 0 bridgehead atoms. The molecular weight excluding hydrogens is 108 g/mol. The first kappa shape index (κ1) is 7.31. The van der Waals surface area contributed by atoms with Gasteiger partial charge in [0.1, 0.15) is 5.75 Å². The van der Waals surface area contributed by atoms with E-state index in [1.165, 1.54) is 0 Å². The summed E-state index contributed by atoms with van der Waals surface area (Å²) in [5, 5.41) is 8.73. The average Bonchev–Trinajstić information content (AvgIpc) is 1.27. The second kappa shape index (κ2) is 3.33. The first-order valence-corrected chi connectivity index (χ1v) is 4.56. The summed E-state index contributed by atoms with van der Waals surface area (Å²) in [7, 11) is 0.404. The molecule has 0 radical (unpaired) electrons. The quantitative estimate of drug-likeness (QED) is 0.519. The minimum Gasteiger partial charge on any atom is -0.389 e. The summed E-state index contributed by atoms with van der Waals surface area (Å²) in [6.07, 6.45) is 4.15. The highest BCUT2D eigenvalue weighted by atomic mass is 32.2. The number of hydrogen-bond acceptors (Lipinski definition) is 1. The van der Waals surface area contributed by atoms with Crippen molar-refractivity contribution < 1.29 is 5.11 Å². The Morgan fingerprint density at radius 2 is 2.00 bits per heavy atom. The minimum atomic E-state index is -0.113. The van der Waals surface area contributed by atoms with Crippen molar-refractivity contribution in [3.8, 4) is 0 Å². The van der Waals surface area contributed by atoms with Crippen LogP contribution in [0.5, 0.6) is 0 Å². The second-order valence-corrected chi connectivity index (χ2v) is 4.31. The molecule has 0 aromatic heterocycles. The van der Waals surface area contributed by atoms with Gasteiger partial charge in [-0.3, -0.25) is 0 Å². The van der Waals surface area contributed by atoms with Gasteiger partial charge in [-0.1, -0.05) is 0 Å². The molecular formula is C5H13OS+. The first-order valence-electron chi connectivity index (χ1n) is 2.35. The summed E-state index contributed by atoms with van der Waals surface area (Å²) >= 11 is 0. The van der Waals surface area contributed by atoms with Gasteiger partial charge < -0.3 is 5.11 Å². The van der Waals surface area contributed by atoms with Crippen molar-refractivity contribution in [2.45, 2.75) is 13.0 Å². The molecule has 0 heterocycles. The van der Waals surface area contributed by atoms with E-state index in [2.05, 4.69) is 12.5 Å². The zero-order chi connectivity index (χ0) is 5.86. The number of rotatable bonds is 2. The molecule has 0 saturated heterocycles. The van der Waals surface area contributed by atoms with E-state index in [4.69, 9.17) is 5.11 Å². The maximum atomic E-state index is 8.73. The fraction of sp³-hybridized carbons (Fsp3) is 1.00. The molecule has 44 valence electrons. The molecule has 0 fully saturated rings. The maximum Gasteiger partial charge on any atom is 0.133 e. The van der Waals surface area contributed by atoms with Gasteiger partial charge in [0, 0.05) is 0 Å². The van der Waals surface area contributed by atoms with E-state index in [0.717, 1.165) is 5.75 Å². The van der Waals surface area contributed by atoms with Crippen molar-refractivity contribution in [2.24, 2.45) is 0 Å². The standard InChI is InChI=1S/C5H13OS/c1-5(6)4-7(2)3/h5-6H,4H2,1-3H3/q+1. The van der Waals surface area contributed by atoms with Gasteiger partial charge in [-0.2, -0.15) is 0 Å². The summed E-state index contributed by atoms with van der Waals surface area (Å²) in [5.74, 6) is 0.944. The summed E-state index contributed by atoms with van der Waals surface area (Å²) in [6, 6.07) is 0. The Balaban J connectivity index is 2.95. The second-order valence-electron chi connectivity index (χ2n) is 2.00. The van der Waals surface area contributed by atoms with Gasteiger partial charge in [-0.25, -0.2) is 0 Å². The Labute approximate surface area is 48.1 Å². The van der Waals surface area contributed by atoms with Gasteiger partial charge in [0.15, 0.2) is 0 Å². The lowest BCUT2D eigenvalue weighted by molar-refractivity contribution is 0.220. The van der Waals surface area contributed by atoms with Crippen LogP contribution in [0.2, 0.25) is 0 Å². The fourth-order valence-corrected chi connectivity index (χ4v) is 1.45. The molecule has 0 saturated carbocycles. The molecule has 0 spiro atoms. The monoisotopic (exact) mass is 121 g/mol. The van der Waals surface area contributed by atoms with Crippen LogP contribution < -0.4 is 0 Å². The third kappa shape index (κ3) is 6.31. The average molecular weight is 121 g/mol. The zero-order valence-corrected chi connectivity index (χ0v) is 5.96. The molecule has 0 aliphatic heterocycles. The van der Waals surface area contributed by atoms with Gasteiger partial charge in [-0.15, -0.1) is 0 Å². The Kier molecular flexibility index (Phi) is 3.48. The van der Waals surface area contributed by atoms with Crippen molar-refractivity contribution >= 4 is 10.9 Å². The Bertz CT molecular complexity index is 37.3. The predicted molar refractivity (Wildman–Crippen MR) is 35.8 cm³/mol. The number of aliphatic hydroxyl groups excluding tert-OH is 1. The molecule has 1 N–H and O–H groups in total. The van der Waals surface area contributed by atoms with Crippen molar-refractivity contribution in [1.82, 2.24) is 0 Å². The molecule has 0 amide bonds. The van der Waals surface area contributed by atoms with E-state index in [0.29, 0.717) is 10.9 Å². The Hall–Kier alpha value is 0.310. The molecule has 1 atom stereocenters. The maximum absolute atomic E-state index is 8.73. The van der Waals surface area contributed by atoms with Crippen LogP contribution in [-0.2, 0) is 10.9 Å². The van der Waals surface area contributed by atoms with E-state index >= 15 is 0 Å². The lowest BCUT2D eigenvalue weighted by atomic mass is 10.5. The van der Waals surface area contributed by atoms with E-state index in [9.17, 15) is 0 Å². The highest BCUT2D eigenvalue weighted by Crippen LogP contribution is 1.87. The largest absolute Gasteiger partial charge is 0.389 e. The molecule has 0 aromatic carbocycles. The Morgan fingerprint density at radius 3 is 2.00 bits per heavy atom. The normalized spacial score (nSPS) is 15.0. The summed E-state index contributed by atoms with van der Waals surface area (Å²) in [4.78, 5) is 0. The van der Waals surface area contributed by atoms with Crippen LogP contribution in [0, 0.1) is 0 Å². The molecule has 7 heavy (non-hydrogen) atoms. The van der Waals surface area contributed by atoms with Gasteiger partial charge in [0.2, 0.25) is 0 Å². The van der Waals surface area contributed by atoms with Crippen LogP contribution in [0.4, 0.5) is 0 Å². The fourth-order valence-electron chi connectivity index (χ4n) is 0.482. The van der Waals surface area contributed by atoms with Crippen LogP contribution in [0.25, 0.3) is 0 Å². The van der Waals surface area contributed by atoms with Crippen LogP contribution in [0.1, 0.15) is 6.92 Å². The van der Waals surface area contributed by atoms with Crippen LogP contribution in [-0.4, -0.2) is 29.5 Å². The summed E-state index contributed by atoms with van der Waals surface area (Å²) in [5.41, 5.74) is 0. The van der Waals surface area contributed by atoms with E-state index in [1.807, 2.05) is 6.92 Å². The van der Waals surface area contributed by atoms with Crippen molar-refractivity contribution in [3.63, 3.8) is 0 Å². The first-order chi connectivity index (χ1) is 3.13. The summed E-state index contributed by atoms with van der Waals surface area (Å²) < 4.78 is 0. The minimum absolute atomic E-state index is 0.113. The third-order valence-corrected chi connectivity index (χ3v) is 1.72. The van der Waals surface area contributed by atoms with Crippen LogP contribution >= 0.6 is 0 Å². The lowest BCUT2D eigenvalue weighted by Crippen LogP contribution is -2.14. The number of aliphatic hydroxyl groups is 1. The van der Waals surface area contributed by atoms with Gasteiger partial charge in [0.05, 0.1) is 18.6 Å². The topological polar surface area (TPSA) is 20.2 Å². The molecule has 0 rings (SSSR count). The molecule has 0 aliphatic carbocycles. The molecule has 0 aliphatic rings. The van der Waals surface area contributed by atoms with Gasteiger partial charge >= 0.3 is 0 Å². The third-order valence-electron chi connectivity index (χ3n) is 0.575. The number of hydrogen-bond donors (Lipinski definition) is 1. The van der Waals surface area contributed by atoms with Gasteiger partial charge in [0.25, 0.3) is 0 Å². The zero-order valence-electron chi connectivity index (χ0n) is 5.14. The molecule has 1 nitrogen and oxygen atoms in total. The SMILES string of the molecule is CC(O)C[S+](C)C. The highest BCUT2D eigenvalue weighted by molar-refractivity contribution is 7.95. The van der Waals surface area contributed by atoms with E-state index in [1.54, 1.807) is 0 Å². The van der Waals surface area contributed by atoms with Crippen LogP contribution in [0.3, 0.4) is 0 Å². The van der Waals surface area contributed by atoms with Crippen molar-refractivity contribution in [1.29, 1.82) is 0 Å². The van der Waals surface area contributed by atoms with Crippen molar-refractivity contribution in [3.05, 3.63) is 0 Å². The Morgan fingerprint density at radius 1 is 1.57 bits per heavy atom. The smallest absolute Gasteiger partial charge is 0.133 e. The van der Waals surface area contributed by atoms with Crippen molar-refractivity contribution in [2.75, 3.05) is 18.3 Å². The van der Waals surface area contributed by atoms with E-state index < -0.39 is 0 Å². The lowest BCUT2D eigenvalue weighted by Gasteiger charge is -1.97. The predicted octanol–water partition coefficient (Wildman–Crippen LogP) is 0.245. The molecule has 0 aromatic rings. The molecule has 1 unspecified atom stereocenters. The van der Waals surface area contributed by atoms with Gasteiger partial charge in [-0.05, 0) is 17.8 Å².